The zero-order valence-electron chi connectivity index (χ0n) is 19.6. The van der Waals surface area contributed by atoms with Gasteiger partial charge < -0.3 is 19.5 Å². The van der Waals surface area contributed by atoms with Crippen LogP contribution in [-0.2, 0) is 11.2 Å². The first-order valence-electron chi connectivity index (χ1n) is 11.3. The molecule has 3 aromatic rings. The van der Waals surface area contributed by atoms with E-state index in [4.69, 9.17) is 14.5 Å². The zero-order valence-corrected chi connectivity index (χ0v) is 19.6. The number of ether oxygens (including phenoxy) is 2. The fraction of sp³-hybridized carbons (Fsp3) is 0.296. The lowest BCUT2D eigenvalue weighted by Crippen LogP contribution is -2.27. The number of likely N-dealkylation sites (N-methyl/N-ethyl adjacent to an activating group) is 1. The van der Waals surface area contributed by atoms with E-state index in [-0.39, 0.29) is 12.5 Å². The van der Waals surface area contributed by atoms with Crippen molar-refractivity contribution >= 4 is 34.4 Å². The average Bonchev–Trinajstić information content (AvgIpc) is 2.82. The van der Waals surface area contributed by atoms with Gasteiger partial charge in [-0.25, -0.2) is 9.78 Å². The van der Waals surface area contributed by atoms with Gasteiger partial charge >= 0.3 is 5.97 Å². The molecule has 1 heterocycles. The van der Waals surface area contributed by atoms with Crippen molar-refractivity contribution in [3.63, 3.8) is 0 Å². The molecule has 0 spiro atoms. The quantitative estimate of drug-likeness (QED) is 0.551. The number of para-hydroxylation sites is 1. The standard InChI is InChI=1S/C27H28N2O5/c1-4-33-23-15-17(12-13-22(23)34-16-24(30)29(2)3)14-18-8-7-10-20-25(27(31)32)19-9-5-6-11-21(19)28-26(18)20/h5-6,9,11-15H,4,7-8,10,16H2,1-3H3,(H,31,32)/b18-14-. The number of nitrogens with zero attached hydrogens (tertiary/aromatic N) is 2. The first-order chi connectivity index (χ1) is 16.4. The fourth-order valence-corrected chi connectivity index (χ4v) is 4.19. The van der Waals surface area contributed by atoms with Gasteiger partial charge in [0.05, 0.1) is 23.4 Å². The maximum Gasteiger partial charge on any atom is 0.336 e. The van der Waals surface area contributed by atoms with E-state index in [0.29, 0.717) is 41.0 Å². The van der Waals surface area contributed by atoms with E-state index in [9.17, 15) is 14.7 Å². The summed E-state index contributed by atoms with van der Waals surface area (Å²) < 4.78 is 11.5. The highest BCUT2D eigenvalue weighted by molar-refractivity contribution is 6.05. The number of pyridine rings is 1. The van der Waals surface area contributed by atoms with E-state index in [1.807, 2.05) is 49.4 Å². The number of allylic oxidation sites excluding steroid dienone is 1. The summed E-state index contributed by atoms with van der Waals surface area (Å²) in [5.74, 6) is -0.0128. The van der Waals surface area contributed by atoms with Crippen LogP contribution in [0.25, 0.3) is 22.6 Å². The Hall–Kier alpha value is -3.87. The van der Waals surface area contributed by atoms with E-state index in [2.05, 4.69) is 0 Å². The number of aromatic nitrogens is 1. The summed E-state index contributed by atoms with van der Waals surface area (Å²) in [5, 5.41) is 10.6. The molecule has 1 N–H and O–H groups in total. The van der Waals surface area contributed by atoms with Crippen molar-refractivity contribution in [3.05, 3.63) is 64.8 Å². The molecule has 0 atom stereocenters. The lowest BCUT2D eigenvalue weighted by atomic mass is 9.86. The number of carbonyl (C=O) groups excluding carboxylic acids is 1. The third kappa shape index (κ3) is 4.73. The van der Waals surface area contributed by atoms with E-state index in [1.54, 1.807) is 20.2 Å². The van der Waals surface area contributed by atoms with E-state index < -0.39 is 5.97 Å². The van der Waals surface area contributed by atoms with Crippen LogP contribution in [0, 0.1) is 0 Å². The monoisotopic (exact) mass is 460 g/mol. The van der Waals surface area contributed by atoms with E-state index in [0.717, 1.165) is 35.2 Å². The molecule has 7 heteroatoms. The van der Waals surface area contributed by atoms with Crippen molar-refractivity contribution in [2.45, 2.75) is 26.2 Å². The number of carboxylic acids is 1. The molecule has 2 aromatic carbocycles. The van der Waals surface area contributed by atoms with Gasteiger partial charge in [-0.3, -0.25) is 4.79 Å². The Kier molecular flexibility index (Phi) is 6.82. The third-order valence-electron chi connectivity index (χ3n) is 5.84. The van der Waals surface area contributed by atoms with Gasteiger partial charge in [0.15, 0.2) is 18.1 Å². The SMILES string of the molecule is CCOc1cc(/C=C2/CCCc3c2nc2ccccc2c3C(=O)O)ccc1OCC(=O)N(C)C. The molecule has 0 aliphatic heterocycles. The maximum absolute atomic E-state index is 12.2. The van der Waals surface area contributed by atoms with Crippen molar-refractivity contribution in [1.82, 2.24) is 9.88 Å². The molecule has 0 unspecified atom stereocenters. The Balaban J connectivity index is 1.74. The van der Waals surface area contributed by atoms with Crippen molar-refractivity contribution in [1.29, 1.82) is 0 Å². The van der Waals surface area contributed by atoms with Crippen LogP contribution in [0.5, 0.6) is 11.5 Å². The summed E-state index contributed by atoms with van der Waals surface area (Å²) in [6.07, 6.45) is 4.37. The van der Waals surface area contributed by atoms with Crippen LogP contribution in [0.4, 0.5) is 0 Å². The van der Waals surface area contributed by atoms with Gasteiger partial charge in [0.25, 0.3) is 5.91 Å². The lowest BCUT2D eigenvalue weighted by Gasteiger charge is -2.22. The van der Waals surface area contributed by atoms with Crippen molar-refractivity contribution in [2.24, 2.45) is 0 Å². The highest BCUT2D eigenvalue weighted by Crippen LogP contribution is 2.37. The van der Waals surface area contributed by atoms with Crippen LogP contribution in [0.2, 0.25) is 0 Å². The largest absolute Gasteiger partial charge is 0.490 e. The molecule has 0 bridgehead atoms. The second-order valence-corrected chi connectivity index (χ2v) is 8.38. The molecular formula is C27H28N2O5. The van der Waals surface area contributed by atoms with Crippen LogP contribution in [0.1, 0.15) is 46.9 Å². The number of hydrogen-bond donors (Lipinski definition) is 1. The Bertz CT molecular complexity index is 1280. The number of carbonyl (C=O) groups is 2. The molecule has 0 fully saturated rings. The topological polar surface area (TPSA) is 89.0 Å². The fourth-order valence-electron chi connectivity index (χ4n) is 4.19. The minimum absolute atomic E-state index is 0.0736. The molecule has 1 amide bonds. The Labute approximate surface area is 198 Å². The van der Waals surface area contributed by atoms with Gasteiger partial charge in [-0.1, -0.05) is 24.3 Å². The smallest absolute Gasteiger partial charge is 0.336 e. The molecule has 0 radical (unpaired) electrons. The van der Waals surface area contributed by atoms with Crippen LogP contribution < -0.4 is 9.47 Å². The highest BCUT2D eigenvalue weighted by Gasteiger charge is 2.25. The first kappa shape index (κ1) is 23.3. The van der Waals surface area contributed by atoms with Crippen LogP contribution in [-0.4, -0.2) is 54.2 Å². The molecule has 1 aliphatic rings. The zero-order chi connectivity index (χ0) is 24.2. The molecule has 0 saturated heterocycles. The van der Waals surface area contributed by atoms with Crippen LogP contribution >= 0.6 is 0 Å². The number of rotatable bonds is 7. The predicted molar refractivity (Wildman–Crippen MR) is 131 cm³/mol. The second kappa shape index (κ2) is 9.95. The normalized spacial score (nSPS) is 14.0. The van der Waals surface area contributed by atoms with E-state index >= 15 is 0 Å². The van der Waals surface area contributed by atoms with Gasteiger partial charge in [-0.05, 0) is 67.2 Å². The molecular weight excluding hydrogens is 432 g/mol. The van der Waals surface area contributed by atoms with E-state index in [1.165, 1.54) is 4.90 Å². The second-order valence-electron chi connectivity index (χ2n) is 8.38. The van der Waals surface area contributed by atoms with Crippen LogP contribution in [0.3, 0.4) is 0 Å². The number of hydrogen-bond acceptors (Lipinski definition) is 5. The van der Waals surface area contributed by atoms with Crippen molar-refractivity contribution < 1.29 is 24.2 Å². The van der Waals surface area contributed by atoms with Gasteiger partial charge in [-0.2, -0.15) is 0 Å². The molecule has 1 aliphatic carbocycles. The average molecular weight is 461 g/mol. The number of carboxylic acid groups (broad SMARTS) is 1. The highest BCUT2D eigenvalue weighted by atomic mass is 16.5. The lowest BCUT2D eigenvalue weighted by molar-refractivity contribution is -0.130. The molecule has 176 valence electrons. The molecule has 34 heavy (non-hydrogen) atoms. The van der Waals surface area contributed by atoms with Crippen LogP contribution in [0.15, 0.2) is 42.5 Å². The van der Waals surface area contributed by atoms with Gasteiger partial charge in [0.2, 0.25) is 0 Å². The molecule has 4 rings (SSSR count). The third-order valence-corrected chi connectivity index (χ3v) is 5.84. The minimum Gasteiger partial charge on any atom is -0.490 e. The number of aromatic carboxylic acids is 1. The van der Waals surface area contributed by atoms with Gasteiger partial charge in [0, 0.05) is 19.5 Å². The number of benzene rings is 2. The Morgan fingerprint density at radius 2 is 1.88 bits per heavy atom. The minimum atomic E-state index is -0.927. The van der Waals surface area contributed by atoms with Crippen molar-refractivity contribution in [3.8, 4) is 11.5 Å². The molecule has 0 saturated carbocycles. The summed E-state index contributed by atoms with van der Waals surface area (Å²) in [4.78, 5) is 30.4. The van der Waals surface area contributed by atoms with Gasteiger partial charge in [0.1, 0.15) is 0 Å². The number of amides is 1. The summed E-state index contributed by atoms with van der Waals surface area (Å²) in [6, 6.07) is 12.9. The summed E-state index contributed by atoms with van der Waals surface area (Å²) in [5.41, 5.74) is 4.44. The molecule has 1 aromatic heterocycles. The Morgan fingerprint density at radius 3 is 2.62 bits per heavy atom. The Morgan fingerprint density at radius 1 is 1.09 bits per heavy atom. The van der Waals surface area contributed by atoms with Crippen molar-refractivity contribution in [2.75, 3.05) is 27.3 Å². The first-order valence-corrected chi connectivity index (χ1v) is 11.3. The molecule has 7 nitrogen and oxygen atoms in total. The number of fused-ring (bicyclic) bond motifs is 2. The summed E-state index contributed by atoms with van der Waals surface area (Å²) in [6.45, 7) is 2.27. The predicted octanol–water partition coefficient (Wildman–Crippen LogP) is 4.68. The van der Waals surface area contributed by atoms with Gasteiger partial charge in [-0.15, -0.1) is 0 Å². The maximum atomic E-state index is 12.2. The summed E-state index contributed by atoms with van der Waals surface area (Å²) in [7, 11) is 3.36. The summed E-state index contributed by atoms with van der Waals surface area (Å²) >= 11 is 0.